The molecule has 8 nitrogen and oxygen atoms in total. The molecule has 2 atom stereocenters. The molecule has 0 radical (unpaired) electrons. The Bertz CT molecular complexity index is 970. The van der Waals surface area contributed by atoms with Crippen molar-refractivity contribution in [2.45, 2.75) is 37.3 Å². The van der Waals surface area contributed by atoms with E-state index < -0.39 is 55.9 Å². The average molecular weight is 462 g/mol. The van der Waals surface area contributed by atoms with Crippen molar-refractivity contribution in [1.29, 1.82) is 0 Å². The summed E-state index contributed by atoms with van der Waals surface area (Å²) in [5.74, 6) is -2.38. The topological polar surface area (TPSA) is 125 Å². The van der Waals surface area contributed by atoms with Crippen LogP contribution in [0.3, 0.4) is 0 Å². The molecule has 2 aromatic carbocycles. The van der Waals surface area contributed by atoms with Crippen LogP contribution < -0.4 is 10.6 Å². The first-order valence-corrected chi connectivity index (χ1v) is 10.3. The Kier molecular flexibility index (Phi) is 7.94. The number of hydrogen-bond donors (Lipinski definition) is 4. The fourth-order valence-electron chi connectivity index (χ4n) is 3.77. The van der Waals surface area contributed by atoms with E-state index >= 15 is 0 Å². The molecule has 0 bridgehead atoms. The summed E-state index contributed by atoms with van der Waals surface area (Å²) in [7, 11) is 0. The van der Waals surface area contributed by atoms with E-state index in [0.29, 0.717) is 0 Å². The summed E-state index contributed by atoms with van der Waals surface area (Å²) in [6.45, 7) is -0.477. The third kappa shape index (κ3) is 6.26. The highest BCUT2D eigenvalue weighted by molar-refractivity contribution is 5.79. The number of aliphatic carboxylic acids is 1. The molecular formula is C23H24F2N2O6. The first kappa shape index (κ1) is 24.1. The molecule has 2 unspecified atom stereocenters. The van der Waals surface area contributed by atoms with Crippen molar-refractivity contribution in [2.75, 3.05) is 13.2 Å². The van der Waals surface area contributed by atoms with Crippen LogP contribution in [-0.4, -0.2) is 59.9 Å². The average Bonchev–Trinajstić information content (AvgIpc) is 3.09. The van der Waals surface area contributed by atoms with Crippen LogP contribution in [0.1, 0.15) is 29.9 Å². The van der Waals surface area contributed by atoms with Gasteiger partial charge in [-0.05, 0) is 22.3 Å². The number of carboxylic acids is 1. The summed E-state index contributed by atoms with van der Waals surface area (Å²) in [5, 5.41) is 22.2. The van der Waals surface area contributed by atoms with Crippen LogP contribution in [-0.2, 0) is 14.3 Å². The molecule has 0 spiro atoms. The van der Waals surface area contributed by atoms with Crippen molar-refractivity contribution in [3.05, 3.63) is 59.7 Å². The molecule has 0 aromatic heterocycles. The maximum Gasteiger partial charge on any atom is 0.407 e. The van der Waals surface area contributed by atoms with Crippen LogP contribution in [0.5, 0.6) is 0 Å². The SMILES string of the molecule is O=C(O)CC(O)CNC(=O)CC(NC(=O)OCC1c2ccccc2-c2ccccc21)C(F)F. The Hall–Kier alpha value is -3.53. The van der Waals surface area contributed by atoms with E-state index in [1.165, 1.54) is 0 Å². The number of carbonyl (C=O) groups is 3. The molecule has 2 amide bonds. The second-order valence-corrected chi connectivity index (χ2v) is 7.67. The zero-order valence-corrected chi connectivity index (χ0v) is 17.5. The first-order chi connectivity index (χ1) is 15.8. The first-order valence-electron chi connectivity index (χ1n) is 10.3. The van der Waals surface area contributed by atoms with E-state index in [2.05, 4.69) is 5.32 Å². The number of hydrogen-bond acceptors (Lipinski definition) is 5. The highest BCUT2D eigenvalue weighted by Crippen LogP contribution is 2.44. The van der Waals surface area contributed by atoms with Crippen molar-refractivity contribution >= 4 is 18.0 Å². The number of rotatable bonds is 10. The van der Waals surface area contributed by atoms with E-state index in [0.717, 1.165) is 22.3 Å². The molecule has 1 aliphatic carbocycles. The number of benzene rings is 2. The maximum atomic E-state index is 13.3. The predicted octanol–water partition coefficient (Wildman–Crippen LogP) is 2.50. The van der Waals surface area contributed by atoms with Crippen LogP contribution in [0.2, 0.25) is 0 Å². The standard InChI is InChI=1S/C23H24F2N2O6/c24-22(25)19(10-20(29)26-11-13(28)9-21(30)31)27-23(32)33-12-18-16-7-3-1-5-14(16)15-6-2-4-8-17(15)18/h1-8,13,18-19,22,28H,9-12H2,(H,26,29)(H,27,32)(H,30,31). The van der Waals surface area contributed by atoms with Gasteiger partial charge in [0, 0.05) is 12.5 Å². The van der Waals surface area contributed by atoms with E-state index in [1.807, 2.05) is 53.8 Å². The van der Waals surface area contributed by atoms with Crippen LogP contribution in [0.4, 0.5) is 13.6 Å². The lowest BCUT2D eigenvalue weighted by Crippen LogP contribution is -2.45. The van der Waals surface area contributed by atoms with Crippen LogP contribution in [0.25, 0.3) is 11.1 Å². The number of nitrogens with one attached hydrogen (secondary N) is 2. The molecule has 176 valence electrons. The number of carbonyl (C=O) groups excluding carboxylic acids is 2. The molecular weight excluding hydrogens is 438 g/mol. The van der Waals surface area contributed by atoms with Gasteiger partial charge < -0.3 is 25.6 Å². The van der Waals surface area contributed by atoms with E-state index in [4.69, 9.17) is 9.84 Å². The number of halogens is 2. The van der Waals surface area contributed by atoms with E-state index in [-0.39, 0.29) is 12.5 Å². The third-order valence-corrected chi connectivity index (χ3v) is 5.30. The Labute approximate surface area is 188 Å². The Balaban J connectivity index is 1.54. The van der Waals surface area contributed by atoms with E-state index in [9.17, 15) is 28.3 Å². The van der Waals surface area contributed by atoms with Gasteiger partial charge in [-0.3, -0.25) is 9.59 Å². The van der Waals surface area contributed by atoms with Crippen molar-refractivity contribution in [3.8, 4) is 11.1 Å². The minimum absolute atomic E-state index is 0.0661. The highest BCUT2D eigenvalue weighted by Gasteiger charge is 2.30. The summed E-state index contributed by atoms with van der Waals surface area (Å²) in [6, 6.07) is 13.5. The Morgan fingerprint density at radius 1 is 0.970 bits per heavy atom. The molecule has 0 aliphatic heterocycles. The minimum Gasteiger partial charge on any atom is -0.481 e. The summed E-state index contributed by atoms with van der Waals surface area (Å²) in [4.78, 5) is 34.6. The van der Waals surface area contributed by atoms with Crippen LogP contribution in [0.15, 0.2) is 48.5 Å². The quantitative estimate of drug-likeness (QED) is 0.430. The molecule has 0 saturated heterocycles. The van der Waals surface area contributed by atoms with Gasteiger partial charge in [-0.2, -0.15) is 0 Å². The van der Waals surface area contributed by atoms with E-state index in [1.54, 1.807) is 0 Å². The number of amides is 2. The predicted molar refractivity (Wildman–Crippen MR) is 114 cm³/mol. The number of fused-ring (bicyclic) bond motifs is 3. The third-order valence-electron chi connectivity index (χ3n) is 5.30. The number of carboxylic acid groups (broad SMARTS) is 1. The summed E-state index contributed by atoms with van der Waals surface area (Å²) in [5.41, 5.74) is 3.98. The van der Waals surface area contributed by atoms with Gasteiger partial charge in [-0.25, -0.2) is 13.6 Å². The van der Waals surface area contributed by atoms with Gasteiger partial charge >= 0.3 is 12.1 Å². The molecule has 3 rings (SSSR count). The largest absolute Gasteiger partial charge is 0.481 e. The molecule has 10 heteroatoms. The Morgan fingerprint density at radius 2 is 1.55 bits per heavy atom. The van der Waals surface area contributed by atoms with Crippen LogP contribution in [0, 0.1) is 0 Å². The molecule has 0 fully saturated rings. The monoisotopic (exact) mass is 462 g/mol. The summed E-state index contributed by atoms with van der Waals surface area (Å²) in [6.07, 6.45) is -6.84. The zero-order chi connectivity index (χ0) is 24.0. The molecule has 0 heterocycles. The fourth-order valence-corrected chi connectivity index (χ4v) is 3.77. The zero-order valence-electron chi connectivity index (χ0n) is 17.5. The van der Waals surface area contributed by atoms with Crippen molar-refractivity contribution in [3.63, 3.8) is 0 Å². The lowest BCUT2D eigenvalue weighted by atomic mass is 9.98. The number of alkyl carbamates (subject to hydrolysis) is 1. The normalized spacial score (nSPS) is 14.2. The van der Waals surface area contributed by atoms with Gasteiger partial charge in [0.1, 0.15) is 12.6 Å². The van der Waals surface area contributed by atoms with Gasteiger partial charge in [0.25, 0.3) is 6.43 Å². The molecule has 4 N–H and O–H groups in total. The summed E-state index contributed by atoms with van der Waals surface area (Å²) >= 11 is 0. The second-order valence-electron chi connectivity index (χ2n) is 7.67. The number of ether oxygens (including phenoxy) is 1. The van der Waals surface area contributed by atoms with Crippen molar-refractivity contribution in [2.24, 2.45) is 0 Å². The van der Waals surface area contributed by atoms with Crippen molar-refractivity contribution in [1.82, 2.24) is 10.6 Å². The van der Waals surface area contributed by atoms with Gasteiger partial charge in [0.05, 0.1) is 18.9 Å². The number of alkyl halides is 2. The second kappa shape index (κ2) is 10.9. The Morgan fingerprint density at radius 3 is 2.09 bits per heavy atom. The van der Waals surface area contributed by atoms with Gasteiger partial charge in [0.15, 0.2) is 0 Å². The summed E-state index contributed by atoms with van der Waals surface area (Å²) < 4.78 is 31.9. The molecule has 1 aliphatic rings. The van der Waals surface area contributed by atoms with Crippen LogP contribution >= 0.6 is 0 Å². The van der Waals surface area contributed by atoms with Gasteiger partial charge in [-0.15, -0.1) is 0 Å². The number of aliphatic hydroxyl groups is 1. The smallest absolute Gasteiger partial charge is 0.407 e. The minimum atomic E-state index is -3.04. The maximum absolute atomic E-state index is 13.3. The number of aliphatic hydroxyl groups excluding tert-OH is 1. The molecule has 0 saturated carbocycles. The van der Waals surface area contributed by atoms with Gasteiger partial charge in [0.2, 0.25) is 5.91 Å². The lowest BCUT2D eigenvalue weighted by molar-refractivity contribution is -0.139. The lowest BCUT2D eigenvalue weighted by Gasteiger charge is -2.19. The fraction of sp³-hybridized carbons (Fsp3) is 0.348. The highest BCUT2D eigenvalue weighted by atomic mass is 19.3. The molecule has 33 heavy (non-hydrogen) atoms. The molecule has 2 aromatic rings. The van der Waals surface area contributed by atoms with Gasteiger partial charge in [-0.1, -0.05) is 48.5 Å². The van der Waals surface area contributed by atoms with Crippen molar-refractivity contribution < 1.29 is 38.1 Å².